The lowest BCUT2D eigenvalue weighted by molar-refractivity contribution is -0.154. The van der Waals surface area contributed by atoms with Gasteiger partial charge in [-0.15, -0.1) is 0 Å². The largest absolute Gasteiger partial charge is 0.481 e. The van der Waals surface area contributed by atoms with Gasteiger partial charge in [-0.2, -0.15) is 13.2 Å². The van der Waals surface area contributed by atoms with Crippen molar-refractivity contribution in [3.63, 3.8) is 0 Å². The third kappa shape index (κ3) is 2.71. The van der Waals surface area contributed by atoms with Crippen LogP contribution in [0.2, 0.25) is 0 Å². The number of carboxylic acids is 1. The van der Waals surface area contributed by atoms with E-state index >= 15 is 0 Å². The van der Waals surface area contributed by atoms with Crippen LogP contribution in [0.25, 0.3) is 0 Å². The van der Waals surface area contributed by atoms with Crippen molar-refractivity contribution in [1.29, 1.82) is 0 Å². The number of nitrogens with zero attached hydrogens (tertiary/aromatic N) is 1. The first-order chi connectivity index (χ1) is 6.84. The molecule has 0 saturated carbocycles. The van der Waals surface area contributed by atoms with Crippen molar-refractivity contribution in [2.24, 2.45) is 0 Å². The topological polar surface area (TPSA) is 63.3 Å². The first kappa shape index (κ1) is 11.5. The van der Waals surface area contributed by atoms with Gasteiger partial charge >= 0.3 is 12.1 Å². The Morgan fingerprint density at radius 2 is 2.13 bits per heavy atom. The quantitative estimate of drug-likeness (QED) is 0.849. The van der Waals surface area contributed by atoms with Gasteiger partial charge in [0, 0.05) is 6.42 Å². The molecule has 0 aliphatic carbocycles. The Morgan fingerprint density at radius 3 is 2.53 bits per heavy atom. The van der Waals surface area contributed by atoms with Gasteiger partial charge in [-0.05, 0) is 0 Å². The summed E-state index contributed by atoms with van der Waals surface area (Å²) in [6, 6.07) is 0. The Labute approximate surface area is 82.7 Å². The normalized spacial score (nSPS) is 11.7. The molecule has 0 aliphatic heterocycles. The van der Waals surface area contributed by atoms with Crippen LogP contribution in [0, 0.1) is 0 Å². The molecule has 0 spiro atoms. The number of hydrogen-bond donors (Lipinski definition) is 1. The van der Waals surface area contributed by atoms with E-state index in [2.05, 4.69) is 9.40 Å². The molecule has 15 heavy (non-hydrogen) atoms. The van der Waals surface area contributed by atoms with Crippen molar-refractivity contribution in [2.45, 2.75) is 25.9 Å². The predicted molar refractivity (Wildman–Crippen MR) is 42.2 cm³/mol. The van der Waals surface area contributed by atoms with E-state index in [1.54, 1.807) is 6.92 Å². The Bertz CT molecular complexity index is 370. The fourth-order valence-corrected chi connectivity index (χ4v) is 1.04. The molecule has 1 aromatic heterocycles. The summed E-state index contributed by atoms with van der Waals surface area (Å²) < 4.78 is 41.4. The minimum atomic E-state index is -4.70. The maximum atomic E-state index is 12.3. The molecule has 7 heteroatoms. The molecule has 0 radical (unpaired) electrons. The monoisotopic (exact) mass is 223 g/mol. The average Bonchev–Trinajstić information content (AvgIpc) is 2.45. The summed E-state index contributed by atoms with van der Waals surface area (Å²) in [5, 5.41) is 8.39. The number of aromatic nitrogens is 1. The second-order valence-corrected chi connectivity index (χ2v) is 2.81. The highest BCUT2D eigenvalue weighted by atomic mass is 19.4. The average molecular weight is 223 g/mol. The van der Waals surface area contributed by atoms with Gasteiger partial charge in [0.2, 0.25) is 5.76 Å². The molecule has 0 amide bonds. The zero-order valence-electron chi connectivity index (χ0n) is 7.76. The molecule has 0 aromatic carbocycles. The summed E-state index contributed by atoms with van der Waals surface area (Å²) in [7, 11) is 0. The molecule has 0 fully saturated rings. The molecule has 1 N–H and O–H groups in total. The van der Waals surface area contributed by atoms with Crippen molar-refractivity contribution in [3.8, 4) is 0 Å². The van der Waals surface area contributed by atoms with Crippen molar-refractivity contribution >= 4 is 5.97 Å². The summed E-state index contributed by atoms with van der Waals surface area (Å²) in [5.41, 5.74) is -0.577. The minimum absolute atomic E-state index is 0.112. The van der Waals surface area contributed by atoms with Crippen LogP contribution in [-0.4, -0.2) is 16.1 Å². The molecule has 1 heterocycles. The fourth-order valence-electron chi connectivity index (χ4n) is 1.04. The van der Waals surface area contributed by atoms with E-state index in [9.17, 15) is 18.0 Å². The van der Waals surface area contributed by atoms with Crippen molar-refractivity contribution in [2.75, 3.05) is 0 Å². The third-order valence-corrected chi connectivity index (χ3v) is 1.62. The molecule has 1 aromatic rings. The van der Waals surface area contributed by atoms with Crippen LogP contribution in [0.5, 0.6) is 0 Å². The molecular weight excluding hydrogens is 215 g/mol. The van der Waals surface area contributed by atoms with Crippen molar-refractivity contribution < 1.29 is 27.5 Å². The molecule has 1 rings (SSSR count). The molecule has 0 bridgehead atoms. The molecule has 0 saturated heterocycles. The number of carboxylic acid groups (broad SMARTS) is 1. The van der Waals surface area contributed by atoms with E-state index in [-0.39, 0.29) is 12.3 Å². The Kier molecular flexibility index (Phi) is 3.01. The number of aryl methyl sites for hydroxylation is 1. The first-order valence-corrected chi connectivity index (χ1v) is 4.12. The number of alkyl halides is 3. The van der Waals surface area contributed by atoms with Gasteiger partial charge in [-0.25, -0.2) is 4.98 Å². The van der Waals surface area contributed by atoms with Crippen LogP contribution in [0.1, 0.15) is 24.3 Å². The summed E-state index contributed by atoms with van der Waals surface area (Å²) in [6.07, 6.45) is -5.31. The number of rotatable bonds is 3. The van der Waals surface area contributed by atoms with Crippen molar-refractivity contribution in [3.05, 3.63) is 17.3 Å². The lowest BCUT2D eigenvalue weighted by atomic mass is 10.2. The van der Waals surface area contributed by atoms with Crippen LogP contribution in [0.15, 0.2) is 4.42 Å². The Hall–Kier alpha value is -1.53. The van der Waals surface area contributed by atoms with E-state index in [0.29, 0.717) is 0 Å². The summed E-state index contributed by atoms with van der Waals surface area (Å²) in [5.74, 6) is -2.81. The SMILES string of the molecule is CCc1nc(CC(=O)O)c(C(F)(F)F)o1. The van der Waals surface area contributed by atoms with Crippen LogP contribution in [0.4, 0.5) is 13.2 Å². The standard InChI is InChI=1S/C8H8F3NO3/c1-2-5-12-4(3-6(13)14)7(15-5)8(9,10)11/h2-3H2,1H3,(H,13,14). The lowest BCUT2D eigenvalue weighted by Gasteiger charge is -2.02. The van der Waals surface area contributed by atoms with Gasteiger partial charge in [0.05, 0.1) is 6.42 Å². The van der Waals surface area contributed by atoms with Crippen LogP contribution < -0.4 is 0 Å². The molecule has 0 aliphatic rings. The second kappa shape index (κ2) is 3.92. The van der Waals surface area contributed by atoms with E-state index in [1.165, 1.54) is 0 Å². The maximum Gasteiger partial charge on any atom is 0.451 e. The van der Waals surface area contributed by atoms with Crippen LogP contribution >= 0.6 is 0 Å². The van der Waals surface area contributed by atoms with E-state index < -0.39 is 30.0 Å². The highest BCUT2D eigenvalue weighted by Crippen LogP contribution is 2.33. The third-order valence-electron chi connectivity index (χ3n) is 1.62. The minimum Gasteiger partial charge on any atom is -0.481 e. The molecule has 4 nitrogen and oxygen atoms in total. The van der Waals surface area contributed by atoms with Gasteiger partial charge in [0.25, 0.3) is 0 Å². The Morgan fingerprint density at radius 1 is 1.53 bits per heavy atom. The Balaban J connectivity index is 3.12. The summed E-state index contributed by atoms with van der Waals surface area (Å²) in [6.45, 7) is 1.57. The maximum absolute atomic E-state index is 12.3. The van der Waals surface area contributed by atoms with E-state index in [0.717, 1.165) is 0 Å². The van der Waals surface area contributed by atoms with E-state index in [4.69, 9.17) is 5.11 Å². The number of oxazole rings is 1. The summed E-state index contributed by atoms with van der Waals surface area (Å²) in [4.78, 5) is 13.8. The van der Waals surface area contributed by atoms with Gasteiger partial charge in [0.1, 0.15) is 5.69 Å². The van der Waals surface area contributed by atoms with Gasteiger partial charge in [-0.1, -0.05) is 6.92 Å². The van der Waals surface area contributed by atoms with Gasteiger partial charge < -0.3 is 9.52 Å². The van der Waals surface area contributed by atoms with Crippen LogP contribution in [-0.2, 0) is 23.8 Å². The second-order valence-electron chi connectivity index (χ2n) is 2.81. The van der Waals surface area contributed by atoms with E-state index in [1.807, 2.05) is 0 Å². The zero-order valence-corrected chi connectivity index (χ0v) is 7.76. The highest BCUT2D eigenvalue weighted by Gasteiger charge is 2.39. The highest BCUT2D eigenvalue weighted by molar-refractivity contribution is 5.69. The molecule has 84 valence electrons. The number of carbonyl (C=O) groups is 1. The molecular formula is C8H8F3NO3. The molecule has 0 atom stereocenters. The first-order valence-electron chi connectivity index (χ1n) is 4.12. The smallest absolute Gasteiger partial charge is 0.451 e. The fraction of sp³-hybridized carbons (Fsp3) is 0.500. The van der Waals surface area contributed by atoms with Gasteiger partial charge in [0.15, 0.2) is 5.89 Å². The number of hydrogen-bond acceptors (Lipinski definition) is 3. The zero-order chi connectivity index (χ0) is 11.6. The predicted octanol–water partition coefficient (Wildman–Crippen LogP) is 1.88. The van der Waals surface area contributed by atoms with Gasteiger partial charge in [-0.3, -0.25) is 4.79 Å². The lowest BCUT2D eigenvalue weighted by Crippen LogP contribution is -2.10. The summed E-state index contributed by atoms with van der Waals surface area (Å²) >= 11 is 0. The van der Waals surface area contributed by atoms with Crippen molar-refractivity contribution in [1.82, 2.24) is 4.98 Å². The molecule has 0 unspecified atom stereocenters. The number of halogens is 3. The van der Waals surface area contributed by atoms with Crippen LogP contribution in [0.3, 0.4) is 0 Å². The number of aliphatic carboxylic acids is 1.